The third-order valence-corrected chi connectivity index (χ3v) is 6.94. The molecule has 7 nitrogen and oxygen atoms in total. The van der Waals surface area contributed by atoms with Crippen LogP contribution in [-0.4, -0.2) is 44.2 Å². The highest BCUT2D eigenvalue weighted by Gasteiger charge is 2.35. The van der Waals surface area contributed by atoms with Crippen LogP contribution in [0.15, 0.2) is 53.6 Å². The number of alkyl halides is 3. The lowest BCUT2D eigenvalue weighted by atomic mass is 10.0. The molecule has 0 amide bonds. The number of nitrogens with zero attached hydrogens (tertiary/aromatic N) is 3. The van der Waals surface area contributed by atoms with Crippen molar-refractivity contribution in [3.05, 3.63) is 65.6 Å². The van der Waals surface area contributed by atoms with Crippen LogP contribution in [0.2, 0.25) is 0 Å². The lowest BCUT2D eigenvalue weighted by molar-refractivity contribution is -0.137. The van der Waals surface area contributed by atoms with Gasteiger partial charge in [-0.25, -0.2) is 22.8 Å². The largest absolute Gasteiger partial charge is 0.418 e. The Labute approximate surface area is 199 Å². The van der Waals surface area contributed by atoms with Gasteiger partial charge in [0.1, 0.15) is 17.5 Å². The number of sulfonamides is 1. The van der Waals surface area contributed by atoms with E-state index in [1.165, 1.54) is 31.3 Å². The van der Waals surface area contributed by atoms with Crippen LogP contribution in [0.1, 0.15) is 18.1 Å². The molecule has 1 unspecified atom stereocenters. The van der Waals surface area contributed by atoms with Crippen molar-refractivity contribution in [1.29, 1.82) is 0 Å². The van der Waals surface area contributed by atoms with E-state index in [2.05, 4.69) is 14.7 Å². The standard InChI is InChI=1S/C23H22F4N4O3S/c1-14-3-4-16(24)11-18(14)22-19(23(25,26)27)5-6-20(29-22)30-35(32,33)17-7-8-28-21(12-17)31-9-10-34-13-15(31)2/h3-8,11-12,15H,9-10,13H2,1-2H3,(H,29,30). The van der Waals surface area contributed by atoms with Crippen LogP contribution in [0, 0.1) is 12.7 Å². The zero-order valence-corrected chi connectivity index (χ0v) is 19.6. The summed E-state index contributed by atoms with van der Waals surface area (Å²) in [5, 5.41) is 0. The molecule has 12 heteroatoms. The van der Waals surface area contributed by atoms with E-state index in [1.807, 2.05) is 11.8 Å². The molecular weight excluding hydrogens is 488 g/mol. The Bertz CT molecular complexity index is 1350. The van der Waals surface area contributed by atoms with E-state index in [0.717, 1.165) is 24.3 Å². The maximum Gasteiger partial charge on any atom is 0.418 e. The fourth-order valence-electron chi connectivity index (χ4n) is 3.79. The normalized spacial score (nSPS) is 16.9. The van der Waals surface area contributed by atoms with Crippen molar-refractivity contribution in [3.8, 4) is 11.3 Å². The third kappa shape index (κ3) is 5.38. The molecule has 1 N–H and O–H groups in total. The predicted octanol–water partition coefficient (Wildman–Crippen LogP) is 4.64. The van der Waals surface area contributed by atoms with Gasteiger partial charge in [0.2, 0.25) is 0 Å². The maximum atomic E-state index is 13.8. The van der Waals surface area contributed by atoms with Crippen molar-refractivity contribution in [2.45, 2.75) is 31.0 Å². The Morgan fingerprint density at radius 1 is 1.14 bits per heavy atom. The van der Waals surface area contributed by atoms with Gasteiger partial charge in [-0.2, -0.15) is 13.2 Å². The van der Waals surface area contributed by atoms with Gasteiger partial charge < -0.3 is 9.64 Å². The molecule has 0 radical (unpaired) electrons. The number of benzene rings is 1. The summed E-state index contributed by atoms with van der Waals surface area (Å²) in [4.78, 5) is 9.95. The Kier molecular flexibility index (Phi) is 6.69. The second kappa shape index (κ2) is 9.42. The number of aryl methyl sites for hydroxylation is 1. The van der Waals surface area contributed by atoms with Gasteiger partial charge >= 0.3 is 6.18 Å². The number of pyridine rings is 2. The van der Waals surface area contributed by atoms with Gasteiger partial charge in [0.05, 0.1) is 35.4 Å². The SMILES string of the molecule is Cc1ccc(F)cc1-c1nc(NS(=O)(=O)c2ccnc(N3CCOCC3C)c2)ccc1C(F)(F)F. The maximum absolute atomic E-state index is 13.8. The quantitative estimate of drug-likeness (QED) is 0.504. The van der Waals surface area contributed by atoms with Crippen molar-refractivity contribution in [1.82, 2.24) is 9.97 Å². The van der Waals surface area contributed by atoms with Crippen molar-refractivity contribution in [2.75, 3.05) is 29.4 Å². The number of morpholine rings is 1. The molecular formula is C23H22F4N4O3S. The summed E-state index contributed by atoms with van der Waals surface area (Å²) in [5.41, 5.74) is -1.43. The molecule has 3 aromatic rings. The van der Waals surface area contributed by atoms with Crippen LogP contribution in [0.5, 0.6) is 0 Å². The van der Waals surface area contributed by atoms with Gasteiger partial charge in [-0.15, -0.1) is 0 Å². The van der Waals surface area contributed by atoms with E-state index in [4.69, 9.17) is 4.74 Å². The topological polar surface area (TPSA) is 84.4 Å². The van der Waals surface area contributed by atoms with Crippen molar-refractivity contribution in [3.63, 3.8) is 0 Å². The Morgan fingerprint density at radius 3 is 2.63 bits per heavy atom. The molecule has 0 spiro atoms. The van der Waals surface area contributed by atoms with Crippen LogP contribution in [0.3, 0.4) is 0 Å². The zero-order chi connectivity index (χ0) is 25.4. The van der Waals surface area contributed by atoms with Gasteiger partial charge in [0.15, 0.2) is 0 Å². The van der Waals surface area contributed by atoms with Crippen LogP contribution in [0.4, 0.5) is 29.2 Å². The molecule has 0 aliphatic carbocycles. The minimum Gasteiger partial charge on any atom is -0.377 e. The highest BCUT2D eigenvalue weighted by atomic mass is 32.2. The van der Waals surface area contributed by atoms with Gasteiger partial charge in [-0.1, -0.05) is 6.07 Å². The van der Waals surface area contributed by atoms with Crippen LogP contribution < -0.4 is 9.62 Å². The summed E-state index contributed by atoms with van der Waals surface area (Å²) in [5.74, 6) is -0.650. The highest BCUT2D eigenvalue weighted by molar-refractivity contribution is 7.92. The van der Waals surface area contributed by atoms with Gasteiger partial charge in [-0.3, -0.25) is 4.72 Å². The summed E-state index contributed by atoms with van der Waals surface area (Å²) in [7, 11) is -4.22. The zero-order valence-electron chi connectivity index (χ0n) is 18.8. The predicted molar refractivity (Wildman–Crippen MR) is 122 cm³/mol. The van der Waals surface area contributed by atoms with Crippen molar-refractivity contribution in [2.24, 2.45) is 0 Å². The molecule has 1 aliphatic heterocycles. The van der Waals surface area contributed by atoms with Gasteiger partial charge in [-0.05, 0) is 49.7 Å². The van der Waals surface area contributed by atoms with Crippen LogP contribution in [-0.2, 0) is 20.9 Å². The molecule has 186 valence electrons. The molecule has 1 fully saturated rings. The minimum atomic E-state index is -4.78. The van der Waals surface area contributed by atoms with Gasteiger partial charge in [0, 0.05) is 24.4 Å². The number of nitrogens with one attached hydrogen (secondary N) is 1. The van der Waals surface area contributed by atoms with E-state index >= 15 is 0 Å². The highest BCUT2D eigenvalue weighted by Crippen LogP contribution is 2.38. The molecule has 35 heavy (non-hydrogen) atoms. The Hall–Kier alpha value is -3.25. The number of hydrogen-bond donors (Lipinski definition) is 1. The Morgan fingerprint density at radius 2 is 1.91 bits per heavy atom. The lowest BCUT2D eigenvalue weighted by Gasteiger charge is -2.34. The summed E-state index contributed by atoms with van der Waals surface area (Å²) in [6.07, 6.45) is -3.44. The van der Waals surface area contributed by atoms with E-state index in [0.29, 0.717) is 31.1 Å². The van der Waals surface area contributed by atoms with Crippen LogP contribution in [0.25, 0.3) is 11.3 Å². The number of ether oxygens (including phenoxy) is 1. The summed E-state index contributed by atoms with van der Waals surface area (Å²) in [6, 6.07) is 7.66. The first-order valence-electron chi connectivity index (χ1n) is 10.6. The first-order valence-corrected chi connectivity index (χ1v) is 12.1. The fourth-order valence-corrected chi connectivity index (χ4v) is 4.79. The second-order valence-electron chi connectivity index (χ2n) is 8.12. The van der Waals surface area contributed by atoms with E-state index in [1.54, 1.807) is 0 Å². The number of hydrogen-bond acceptors (Lipinski definition) is 6. The van der Waals surface area contributed by atoms with E-state index in [-0.39, 0.29) is 22.3 Å². The number of rotatable bonds is 5. The summed E-state index contributed by atoms with van der Waals surface area (Å²) < 4.78 is 88.6. The number of anilines is 2. The van der Waals surface area contributed by atoms with E-state index in [9.17, 15) is 26.0 Å². The number of aromatic nitrogens is 2. The number of halogens is 4. The second-order valence-corrected chi connectivity index (χ2v) is 9.80. The lowest BCUT2D eigenvalue weighted by Crippen LogP contribution is -2.44. The Balaban J connectivity index is 1.71. The fraction of sp³-hybridized carbons (Fsp3) is 0.304. The molecule has 3 heterocycles. The first kappa shape index (κ1) is 24.9. The molecule has 1 aromatic carbocycles. The van der Waals surface area contributed by atoms with Crippen LogP contribution >= 0.6 is 0 Å². The molecule has 0 bridgehead atoms. The molecule has 1 saturated heterocycles. The molecule has 1 aliphatic rings. The minimum absolute atomic E-state index is 0.0178. The smallest absolute Gasteiger partial charge is 0.377 e. The third-order valence-electron chi connectivity index (χ3n) is 5.58. The summed E-state index contributed by atoms with van der Waals surface area (Å²) >= 11 is 0. The average Bonchev–Trinajstić information content (AvgIpc) is 2.80. The molecule has 2 aromatic heterocycles. The molecule has 4 rings (SSSR count). The first-order chi connectivity index (χ1) is 16.5. The van der Waals surface area contributed by atoms with E-state index < -0.39 is 33.3 Å². The van der Waals surface area contributed by atoms with Gasteiger partial charge in [0.25, 0.3) is 10.0 Å². The summed E-state index contributed by atoms with van der Waals surface area (Å²) in [6.45, 7) is 4.90. The van der Waals surface area contributed by atoms with Crippen molar-refractivity contribution < 1.29 is 30.7 Å². The molecule has 1 atom stereocenters. The molecule has 0 saturated carbocycles. The van der Waals surface area contributed by atoms with Crippen molar-refractivity contribution >= 4 is 21.7 Å². The average molecular weight is 511 g/mol. The monoisotopic (exact) mass is 510 g/mol.